The van der Waals surface area contributed by atoms with E-state index in [2.05, 4.69) is 17.0 Å². The molecule has 0 aliphatic rings. The summed E-state index contributed by atoms with van der Waals surface area (Å²) in [6.07, 6.45) is 2.63. The minimum absolute atomic E-state index is 0.0634. The van der Waals surface area contributed by atoms with Gasteiger partial charge in [0.05, 0.1) is 7.11 Å². The van der Waals surface area contributed by atoms with Crippen molar-refractivity contribution in [2.75, 3.05) is 13.7 Å². The van der Waals surface area contributed by atoms with Crippen molar-refractivity contribution in [2.24, 2.45) is 0 Å². The number of hydrogen-bond donors (Lipinski definition) is 1. The van der Waals surface area contributed by atoms with Gasteiger partial charge >= 0.3 is 6.09 Å². The monoisotopic (exact) mass is 258 g/mol. The minimum Gasteiger partial charge on any atom is -0.453 e. The van der Waals surface area contributed by atoms with Crippen LogP contribution >= 0.6 is 0 Å². The van der Waals surface area contributed by atoms with Gasteiger partial charge in [-0.15, -0.1) is 0 Å². The number of ether oxygens (including phenoxy) is 1. The lowest BCUT2D eigenvalue weighted by Gasteiger charge is -2.30. The fourth-order valence-corrected chi connectivity index (χ4v) is 1.89. The summed E-state index contributed by atoms with van der Waals surface area (Å²) in [5.74, 6) is -0.0634. The van der Waals surface area contributed by atoms with Crippen LogP contribution in [0.4, 0.5) is 4.79 Å². The average molecular weight is 258 g/mol. The van der Waals surface area contributed by atoms with E-state index in [1.165, 1.54) is 7.11 Å². The Morgan fingerprint density at radius 2 is 1.89 bits per heavy atom. The third kappa shape index (κ3) is 5.38. The standard InChI is InChI=1S/C13H26N2O3/c1-6-8-9-10(3)15(7-2)12(16)11(4)14-13(17)18-5/h10-11H,6-9H2,1-5H3,(H,14,17). The zero-order valence-corrected chi connectivity index (χ0v) is 12.2. The van der Waals surface area contributed by atoms with Crippen molar-refractivity contribution in [3.8, 4) is 0 Å². The van der Waals surface area contributed by atoms with E-state index in [-0.39, 0.29) is 11.9 Å². The highest BCUT2D eigenvalue weighted by Crippen LogP contribution is 2.10. The molecule has 2 amide bonds. The molecule has 0 saturated carbocycles. The van der Waals surface area contributed by atoms with Crippen molar-refractivity contribution in [2.45, 2.75) is 59.0 Å². The molecule has 0 aromatic heterocycles. The van der Waals surface area contributed by atoms with Crippen LogP contribution in [0.1, 0.15) is 47.0 Å². The van der Waals surface area contributed by atoms with Gasteiger partial charge in [0, 0.05) is 12.6 Å². The van der Waals surface area contributed by atoms with Crippen molar-refractivity contribution in [3.05, 3.63) is 0 Å². The van der Waals surface area contributed by atoms with E-state index in [1.54, 1.807) is 11.8 Å². The third-order valence-corrected chi connectivity index (χ3v) is 3.02. The van der Waals surface area contributed by atoms with E-state index in [9.17, 15) is 9.59 Å². The molecule has 0 bridgehead atoms. The second-order valence-electron chi connectivity index (χ2n) is 4.47. The molecule has 0 saturated heterocycles. The molecule has 0 fully saturated rings. The van der Waals surface area contributed by atoms with Crippen molar-refractivity contribution < 1.29 is 14.3 Å². The summed E-state index contributed by atoms with van der Waals surface area (Å²) in [5, 5.41) is 2.50. The number of rotatable bonds is 7. The smallest absolute Gasteiger partial charge is 0.407 e. The zero-order chi connectivity index (χ0) is 14.1. The zero-order valence-electron chi connectivity index (χ0n) is 12.2. The Labute approximate surface area is 110 Å². The van der Waals surface area contributed by atoms with Gasteiger partial charge in [-0.1, -0.05) is 19.8 Å². The van der Waals surface area contributed by atoms with Crippen molar-refractivity contribution in [1.82, 2.24) is 10.2 Å². The van der Waals surface area contributed by atoms with Gasteiger partial charge in [0.15, 0.2) is 0 Å². The van der Waals surface area contributed by atoms with Crippen LogP contribution in [0.2, 0.25) is 0 Å². The molecule has 0 aromatic rings. The normalized spacial score (nSPS) is 13.6. The molecule has 0 spiro atoms. The first kappa shape index (κ1) is 16.7. The summed E-state index contributed by atoms with van der Waals surface area (Å²) < 4.78 is 4.49. The summed E-state index contributed by atoms with van der Waals surface area (Å²) in [7, 11) is 1.29. The predicted octanol–water partition coefficient (Wildman–Crippen LogP) is 2.16. The highest BCUT2D eigenvalue weighted by molar-refractivity contribution is 5.85. The number of methoxy groups -OCH3 is 1. The van der Waals surface area contributed by atoms with Gasteiger partial charge in [-0.05, 0) is 27.2 Å². The van der Waals surface area contributed by atoms with Gasteiger partial charge in [-0.25, -0.2) is 4.79 Å². The fraction of sp³-hybridized carbons (Fsp3) is 0.846. The van der Waals surface area contributed by atoms with Crippen LogP contribution in [0.5, 0.6) is 0 Å². The lowest BCUT2D eigenvalue weighted by molar-refractivity contribution is -0.134. The molecular weight excluding hydrogens is 232 g/mol. The van der Waals surface area contributed by atoms with Crippen LogP contribution in [0.25, 0.3) is 0 Å². The second-order valence-corrected chi connectivity index (χ2v) is 4.47. The number of nitrogens with zero attached hydrogens (tertiary/aromatic N) is 1. The maximum atomic E-state index is 12.2. The molecule has 0 radical (unpaired) electrons. The van der Waals surface area contributed by atoms with Crippen LogP contribution < -0.4 is 5.32 Å². The van der Waals surface area contributed by atoms with Crippen molar-refractivity contribution in [1.29, 1.82) is 0 Å². The molecule has 0 aliphatic heterocycles. The largest absolute Gasteiger partial charge is 0.453 e. The molecule has 0 aliphatic carbocycles. The first-order valence-electron chi connectivity index (χ1n) is 6.62. The SMILES string of the molecule is CCCCC(C)N(CC)C(=O)C(C)NC(=O)OC. The summed E-state index contributed by atoms with van der Waals surface area (Å²) in [5.41, 5.74) is 0. The number of likely N-dealkylation sites (N-methyl/N-ethyl adjacent to an activating group) is 1. The maximum absolute atomic E-state index is 12.2. The Morgan fingerprint density at radius 1 is 1.28 bits per heavy atom. The van der Waals surface area contributed by atoms with Gasteiger partial charge in [0.2, 0.25) is 5.91 Å². The Kier molecular flexibility index (Phi) is 8.16. The molecular formula is C13H26N2O3. The summed E-state index contributed by atoms with van der Waals surface area (Å²) in [6, 6.07) is -0.356. The average Bonchev–Trinajstić information content (AvgIpc) is 2.36. The molecule has 106 valence electrons. The summed E-state index contributed by atoms with van der Waals surface area (Å²) in [6.45, 7) is 8.45. The van der Waals surface area contributed by atoms with Crippen LogP contribution in [0, 0.1) is 0 Å². The summed E-state index contributed by atoms with van der Waals surface area (Å²) in [4.78, 5) is 25.1. The maximum Gasteiger partial charge on any atom is 0.407 e. The quantitative estimate of drug-likeness (QED) is 0.761. The predicted molar refractivity (Wildman–Crippen MR) is 71.4 cm³/mol. The van der Waals surface area contributed by atoms with E-state index in [4.69, 9.17) is 0 Å². The molecule has 0 heterocycles. The fourth-order valence-electron chi connectivity index (χ4n) is 1.89. The Morgan fingerprint density at radius 3 is 2.33 bits per heavy atom. The van der Waals surface area contributed by atoms with Crippen molar-refractivity contribution in [3.63, 3.8) is 0 Å². The van der Waals surface area contributed by atoms with E-state index in [1.807, 2.05) is 13.8 Å². The molecule has 0 aromatic carbocycles. The number of hydrogen-bond acceptors (Lipinski definition) is 3. The number of nitrogens with one attached hydrogen (secondary N) is 1. The molecule has 18 heavy (non-hydrogen) atoms. The Balaban J connectivity index is 4.44. The lowest BCUT2D eigenvalue weighted by Crippen LogP contribution is -2.49. The van der Waals surface area contributed by atoms with Crippen LogP contribution in [-0.2, 0) is 9.53 Å². The highest BCUT2D eigenvalue weighted by atomic mass is 16.5. The van der Waals surface area contributed by atoms with Crippen LogP contribution in [0.3, 0.4) is 0 Å². The molecule has 1 N–H and O–H groups in total. The number of carbonyl (C=O) groups is 2. The van der Waals surface area contributed by atoms with E-state index < -0.39 is 12.1 Å². The van der Waals surface area contributed by atoms with Gasteiger partial charge < -0.3 is 15.0 Å². The molecule has 2 atom stereocenters. The van der Waals surface area contributed by atoms with Crippen molar-refractivity contribution >= 4 is 12.0 Å². The number of carbonyl (C=O) groups excluding carboxylic acids is 2. The highest BCUT2D eigenvalue weighted by Gasteiger charge is 2.24. The molecule has 5 nitrogen and oxygen atoms in total. The third-order valence-electron chi connectivity index (χ3n) is 3.02. The molecule has 2 unspecified atom stereocenters. The van der Waals surface area contributed by atoms with E-state index in [0.717, 1.165) is 19.3 Å². The summed E-state index contributed by atoms with van der Waals surface area (Å²) >= 11 is 0. The number of amides is 2. The van der Waals surface area contributed by atoms with Gasteiger partial charge in [-0.2, -0.15) is 0 Å². The van der Waals surface area contributed by atoms with E-state index in [0.29, 0.717) is 6.54 Å². The van der Waals surface area contributed by atoms with Gasteiger partial charge in [0.1, 0.15) is 6.04 Å². The van der Waals surface area contributed by atoms with Crippen LogP contribution in [0.15, 0.2) is 0 Å². The lowest BCUT2D eigenvalue weighted by atomic mass is 10.1. The van der Waals surface area contributed by atoms with E-state index >= 15 is 0 Å². The topological polar surface area (TPSA) is 58.6 Å². The first-order valence-corrected chi connectivity index (χ1v) is 6.62. The van der Waals surface area contributed by atoms with Gasteiger partial charge in [0.25, 0.3) is 0 Å². The second kappa shape index (κ2) is 8.78. The number of unbranched alkanes of at least 4 members (excludes halogenated alkanes) is 1. The first-order chi connectivity index (χ1) is 8.47. The Bertz CT molecular complexity index is 269. The number of alkyl carbamates (subject to hydrolysis) is 1. The minimum atomic E-state index is -0.576. The van der Waals surface area contributed by atoms with Crippen LogP contribution in [-0.4, -0.2) is 42.6 Å². The molecule has 5 heteroatoms. The van der Waals surface area contributed by atoms with Gasteiger partial charge in [-0.3, -0.25) is 4.79 Å². The molecule has 0 rings (SSSR count). The Hall–Kier alpha value is -1.26.